The Morgan fingerprint density at radius 3 is 2.51 bits per heavy atom. The number of rotatable bonds is 6. The SMILES string of the molecule is COc1ccccc1CNC(=O)c1ccc2ccnc(N3CCN(c4ccccc4F)CC3)c2c1. The Hall–Kier alpha value is -4.13. The van der Waals surface area contributed by atoms with Crippen molar-refractivity contribution in [1.82, 2.24) is 10.3 Å². The van der Waals surface area contributed by atoms with Crippen LogP contribution in [-0.2, 0) is 6.54 Å². The minimum atomic E-state index is -0.201. The zero-order valence-corrected chi connectivity index (χ0v) is 19.6. The number of hydrogen-bond acceptors (Lipinski definition) is 5. The molecule has 7 heteroatoms. The third-order valence-corrected chi connectivity index (χ3v) is 6.41. The molecule has 1 fully saturated rings. The number of hydrogen-bond donors (Lipinski definition) is 1. The molecule has 0 radical (unpaired) electrons. The second-order valence-corrected chi connectivity index (χ2v) is 8.49. The topological polar surface area (TPSA) is 57.7 Å². The van der Waals surface area contributed by atoms with Gasteiger partial charge in [0.2, 0.25) is 0 Å². The molecule has 1 aromatic heterocycles. The molecule has 0 spiro atoms. The van der Waals surface area contributed by atoms with Crippen LogP contribution in [0, 0.1) is 5.82 Å². The van der Waals surface area contributed by atoms with Gasteiger partial charge in [0.1, 0.15) is 17.4 Å². The Labute approximate surface area is 204 Å². The number of anilines is 2. The fourth-order valence-electron chi connectivity index (χ4n) is 4.54. The minimum Gasteiger partial charge on any atom is -0.496 e. The zero-order valence-electron chi connectivity index (χ0n) is 19.6. The molecule has 0 atom stereocenters. The first kappa shape index (κ1) is 22.7. The largest absolute Gasteiger partial charge is 0.496 e. The molecule has 178 valence electrons. The van der Waals surface area contributed by atoms with Crippen LogP contribution in [-0.4, -0.2) is 44.2 Å². The van der Waals surface area contributed by atoms with E-state index in [2.05, 4.69) is 20.1 Å². The van der Waals surface area contributed by atoms with Gasteiger partial charge in [0.15, 0.2) is 0 Å². The Kier molecular flexibility index (Phi) is 6.48. The van der Waals surface area contributed by atoms with Crippen molar-refractivity contribution < 1.29 is 13.9 Å². The molecule has 1 amide bonds. The van der Waals surface area contributed by atoms with Crippen molar-refractivity contribution in [1.29, 1.82) is 0 Å². The number of nitrogens with one attached hydrogen (secondary N) is 1. The van der Waals surface area contributed by atoms with E-state index in [4.69, 9.17) is 4.74 Å². The van der Waals surface area contributed by atoms with Gasteiger partial charge in [0.25, 0.3) is 5.91 Å². The van der Waals surface area contributed by atoms with E-state index in [0.29, 0.717) is 44.0 Å². The van der Waals surface area contributed by atoms with Gasteiger partial charge in [0, 0.05) is 55.4 Å². The molecule has 0 aliphatic carbocycles. The average Bonchev–Trinajstić information content (AvgIpc) is 2.91. The van der Waals surface area contributed by atoms with Crippen LogP contribution in [0.5, 0.6) is 5.75 Å². The van der Waals surface area contributed by atoms with Crippen molar-refractivity contribution in [2.75, 3.05) is 43.1 Å². The highest BCUT2D eigenvalue weighted by Gasteiger charge is 2.22. The normalized spacial score (nSPS) is 13.7. The summed E-state index contributed by atoms with van der Waals surface area (Å²) >= 11 is 0. The molecule has 4 aromatic rings. The number of fused-ring (bicyclic) bond motifs is 1. The lowest BCUT2D eigenvalue weighted by atomic mass is 10.1. The van der Waals surface area contributed by atoms with Crippen LogP contribution in [0.2, 0.25) is 0 Å². The summed E-state index contributed by atoms with van der Waals surface area (Å²) in [6.45, 7) is 3.18. The summed E-state index contributed by atoms with van der Waals surface area (Å²) in [7, 11) is 1.62. The number of aromatic nitrogens is 1. The molecule has 1 saturated heterocycles. The first-order valence-corrected chi connectivity index (χ1v) is 11.7. The van der Waals surface area contributed by atoms with E-state index in [-0.39, 0.29) is 11.7 Å². The van der Waals surface area contributed by atoms with E-state index in [1.807, 2.05) is 60.7 Å². The second kappa shape index (κ2) is 10.0. The Balaban J connectivity index is 1.33. The summed E-state index contributed by atoms with van der Waals surface area (Å²) in [4.78, 5) is 21.9. The van der Waals surface area contributed by atoms with Gasteiger partial charge in [-0.3, -0.25) is 4.79 Å². The molecule has 5 rings (SSSR count). The first-order chi connectivity index (χ1) is 17.1. The predicted molar refractivity (Wildman–Crippen MR) is 137 cm³/mol. The Bertz CT molecular complexity index is 1350. The van der Waals surface area contributed by atoms with Crippen molar-refractivity contribution in [3.8, 4) is 5.75 Å². The monoisotopic (exact) mass is 470 g/mol. The van der Waals surface area contributed by atoms with E-state index in [1.165, 1.54) is 6.07 Å². The molecule has 35 heavy (non-hydrogen) atoms. The van der Waals surface area contributed by atoms with Crippen molar-refractivity contribution in [2.24, 2.45) is 0 Å². The van der Waals surface area contributed by atoms with Crippen LogP contribution in [0.1, 0.15) is 15.9 Å². The molecule has 1 N–H and O–H groups in total. The number of amides is 1. The van der Waals surface area contributed by atoms with Gasteiger partial charge in [0.05, 0.1) is 12.8 Å². The third kappa shape index (κ3) is 4.75. The number of benzene rings is 3. The van der Waals surface area contributed by atoms with Crippen LogP contribution in [0.3, 0.4) is 0 Å². The molecule has 0 bridgehead atoms. The maximum Gasteiger partial charge on any atom is 0.251 e. The number of carbonyl (C=O) groups excluding carboxylic acids is 1. The smallest absolute Gasteiger partial charge is 0.251 e. The quantitative estimate of drug-likeness (QED) is 0.445. The summed E-state index contributed by atoms with van der Waals surface area (Å²) in [5, 5.41) is 4.94. The van der Waals surface area contributed by atoms with Gasteiger partial charge >= 0.3 is 0 Å². The molecule has 0 saturated carbocycles. The third-order valence-electron chi connectivity index (χ3n) is 6.41. The highest BCUT2D eigenvalue weighted by Crippen LogP contribution is 2.28. The van der Waals surface area contributed by atoms with Crippen LogP contribution < -0.4 is 19.9 Å². The summed E-state index contributed by atoms with van der Waals surface area (Å²) < 4.78 is 19.6. The lowest BCUT2D eigenvalue weighted by molar-refractivity contribution is 0.0951. The molecule has 1 aliphatic heterocycles. The number of methoxy groups -OCH3 is 1. The lowest BCUT2D eigenvalue weighted by Crippen LogP contribution is -2.47. The molecule has 2 heterocycles. The predicted octanol–water partition coefficient (Wildman–Crippen LogP) is 4.64. The lowest BCUT2D eigenvalue weighted by Gasteiger charge is -2.37. The fourth-order valence-corrected chi connectivity index (χ4v) is 4.54. The number of carbonyl (C=O) groups is 1. The van der Waals surface area contributed by atoms with E-state index >= 15 is 0 Å². The van der Waals surface area contributed by atoms with Crippen LogP contribution in [0.15, 0.2) is 79.0 Å². The number of para-hydroxylation sites is 2. The minimum absolute atomic E-state index is 0.156. The number of nitrogens with zero attached hydrogens (tertiary/aromatic N) is 3. The van der Waals surface area contributed by atoms with Crippen molar-refractivity contribution >= 4 is 28.2 Å². The highest BCUT2D eigenvalue weighted by atomic mass is 19.1. The van der Waals surface area contributed by atoms with E-state index in [1.54, 1.807) is 19.4 Å². The van der Waals surface area contributed by atoms with E-state index in [0.717, 1.165) is 27.9 Å². The van der Waals surface area contributed by atoms with Gasteiger partial charge in [-0.15, -0.1) is 0 Å². The number of pyridine rings is 1. The molecule has 0 unspecified atom stereocenters. The van der Waals surface area contributed by atoms with Gasteiger partial charge in [-0.05, 0) is 41.8 Å². The van der Waals surface area contributed by atoms with Crippen molar-refractivity contribution in [3.05, 3.63) is 95.9 Å². The van der Waals surface area contributed by atoms with Crippen molar-refractivity contribution in [2.45, 2.75) is 6.54 Å². The van der Waals surface area contributed by atoms with Gasteiger partial charge < -0.3 is 19.9 Å². The first-order valence-electron chi connectivity index (χ1n) is 11.7. The summed E-state index contributed by atoms with van der Waals surface area (Å²) in [6, 6.07) is 22.1. The van der Waals surface area contributed by atoms with Gasteiger partial charge in [-0.25, -0.2) is 9.37 Å². The van der Waals surface area contributed by atoms with Gasteiger partial charge in [-0.2, -0.15) is 0 Å². The Morgan fingerprint density at radius 2 is 1.71 bits per heavy atom. The summed E-state index contributed by atoms with van der Waals surface area (Å²) in [6.07, 6.45) is 1.79. The van der Waals surface area contributed by atoms with Crippen LogP contribution in [0.25, 0.3) is 10.8 Å². The van der Waals surface area contributed by atoms with Crippen LogP contribution in [0.4, 0.5) is 15.9 Å². The molecular formula is C28H27FN4O2. The number of halogens is 1. The van der Waals surface area contributed by atoms with E-state index < -0.39 is 0 Å². The fraction of sp³-hybridized carbons (Fsp3) is 0.214. The van der Waals surface area contributed by atoms with Crippen LogP contribution >= 0.6 is 0 Å². The summed E-state index contributed by atoms with van der Waals surface area (Å²) in [5.74, 6) is 1.23. The molecule has 1 aliphatic rings. The van der Waals surface area contributed by atoms with Gasteiger partial charge in [-0.1, -0.05) is 36.4 Å². The van der Waals surface area contributed by atoms with Crippen molar-refractivity contribution in [3.63, 3.8) is 0 Å². The second-order valence-electron chi connectivity index (χ2n) is 8.49. The molecule has 6 nitrogen and oxygen atoms in total. The molecular weight excluding hydrogens is 443 g/mol. The maximum absolute atomic E-state index is 14.2. The average molecular weight is 471 g/mol. The number of ether oxygens (including phenoxy) is 1. The van der Waals surface area contributed by atoms with E-state index in [9.17, 15) is 9.18 Å². The zero-order chi connectivity index (χ0) is 24.2. The molecule has 3 aromatic carbocycles. The maximum atomic E-state index is 14.2. The number of piperazine rings is 1. The standard InChI is InChI=1S/C28H27FN4O2/c1-35-26-9-5-2-6-22(26)19-31-28(34)21-11-10-20-12-13-30-27(23(20)18-21)33-16-14-32(15-17-33)25-8-4-3-7-24(25)29/h2-13,18H,14-17,19H2,1H3,(H,31,34). The Morgan fingerprint density at radius 1 is 0.971 bits per heavy atom. The summed E-state index contributed by atoms with van der Waals surface area (Å²) in [5.41, 5.74) is 2.12. The highest BCUT2D eigenvalue weighted by molar-refractivity contribution is 6.01.